The van der Waals surface area contributed by atoms with E-state index in [1.807, 2.05) is 6.92 Å². The van der Waals surface area contributed by atoms with Gasteiger partial charge in [-0.05, 0) is 70.6 Å². The molecule has 0 bridgehead atoms. The van der Waals surface area contributed by atoms with Gasteiger partial charge in [0, 0.05) is 0 Å². The normalized spacial score (nSPS) is 11.6. The van der Waals surface area contributed by atoms with E-state index in [1.165, 1.54) is 12.1 Å². The van der Waals surface area contributed by atoms with Crippen LogP contribution in [0.15, 0.2) is 24.3 Å². The van der Waals surface area contributed by atoms with Crippen molar-refractivity contribution in [1.82, 2.24) is 0 Å². The number of carbonyl (C=O) groups is 1. The second-order valence-corrected chi connectivity index (χ2v) is 12.3. The number of aromatic carboxylic acids is 1. The predicted molar refractivity (Wildman–Crippen MR) is 147 cm³/mol. The summed E-state index contributed by atoms with van der Waals surface area (Å²) in [5.74, 6) is -0.278. The number of carboxylic acid groups (broad SMARTS) is 1. The summed E-state index contributed by atoms with van der Waals surface area (Å²) in [7, 11) is -1.32. The SMILES string of the molecule is C.C.C.C.CCC(C)OCCO[Si](C)(C)C.CCC(C)OCCOc1ccc(C(=O)O)cc1. The minimum Gasteiger partial charge on any atom is -0.491 e. The third-order valence-corrected chi connectivity index (χ3v) is 5.10. The molecule has 1 aromatic carbocycles. The van der Waals surface area contributed by atoms with E-state index in [9.17, 15) is 4.79 Å². The molecule has 0 radical (unpaired) electrons. The van der Waals surface area contributed by atoms with Gasteiger partial charge in [0.1, 0.15) is 12.4 Å². The summed E-state index contributed by atoms with van der Waals surface area (Å²) in [6, 6.07) is 6.33. The monoisotopic (exact) mass is 492 g/mol. The van der Waals surface area contributed by atoms with E-state index >= 15 is 0 Å². The molecule has 33 heavy (non-hydrogen) atoms. The smallest absolute Gasteiger partial charge is 0.335 e. The summed E-state index contributed by atoms with van der Waals surface area (Å²) < 4.78 is 22.0. The van der Waals surface area contributed by atoms with Gasteiger partial charge in [0.05, 0.1) is 37.6 Å². The highest BCUT2D eigenvalue weighted by atomic mass is 28.4. The maximum absolute atomic E-state index is 10.6. The molecule has 0 saturated heterocycles. The zero-order chi connectivity index (χ0) is 22.3. The van der Waals surface area contributed by atoms with Crippen LogP contribution in [0.2, 0.25) is 19.6 Å². The van der Waals surface area contributed by atoms with Crippen LogP contribution in [0.1, 0.15) is 80.6 Å². The van der Waals surface area contributed by atoms with Gasteiger partial charge in [0.15, 0.2) is 8.32 Å². The van der Waals surface area contributed by atoms with Gasteiger partial charge in [-0.2, -0.15) is 0 Å². The van der Waals surface area contributed by atoms with Crippen LogP contribution in [0.4, 0.5) is 0 Å². The molecule has 0 aliphatic heterocycles. The Morgan fingerprint density at radius 1 is 0.818 bits per heavy atom. The number of benzene rings is 1. The van der Waals surface area contributed by atoms with Crippen molar-refractivity contribution < 1.29 is 28.5 Å². The molecule has 200 valence electrons. The highest BCUT2D eigenvalue weighted by molar-refractivity contribution is 6.69. The number of rotatable bonds is 13. The van der Waals surface area contributed by atoms with Crippen molar-refractivity contribution in [2.75, 3.05) is 26.4 Å². The van der Waals surface area contributed by atoms with Gasteiger partial charge in [-0.1, -0.05) is 43.6 Å². The van der Waals surface area contributed by atoms with E-state index in [0.29, 0.717) is 25.1 Å². The molecule has 0 aliphatic carbocycles. The number of ether oxygens (including phenoxy) is 3. The molecule has 0 heterocycles. The lowest BCUT2D eigenvalue weighted by molar-refractivity contribution is 0.0412. The quantitative estimate of drug-likeness (QED) is 0.224. The summed E-state index contributed by atoms with van der Waals surface area (Å²) >= 11 is 0. The van der Waals surface area contributed by atoms with Gasteiger partial charge in [0.2, 0.25) is 0 Å². The van der Waals surface area contributed by atoms with Gasteiger partial charge < -0.3 is 23.7 Å². The van der Waals surface area contributed by atoms with Crippen LogP contribution < -0.4 is 4.74 Å². The van der Waals surface area contributed by atoms with E-state index in [0.717, 1.165) is 26.1 Å². The molecule has 1 rings (SSSR count). The number of hydrogen-bond donors (Lipinski definition) is 1. The van der Waals surface area contributed by atoms with E-state index in [2.05, 4.69) is 40.4 Å². The molecule has 2 atom stereocenters. The first kappa shape index (κ1) is 41.8. The van der Waals surface area contributed by atoms with Crippen LogP contribution in [0, 0.1) is 0 Å². The Morgan fingerprint density at radius 2 is 1.24 bits per heavy atom. The first-order valence-corrected chi connectivity index (χ1v) is 13.8. The molecule has 0 aliphatic rings. The molecular weight excluding hydrogens is 436 g/mol. The van der Waals surface area contributed by atoms with Crippen LogP contribution in [0.5, 0.6) is 5.75 Å². The average molecular weight is 493 g/mol. The summed E-state index contributed by atoms with van der Waals surface area (Å²) in [5.41, 5.74) is 0.258. The second kappa shape index (κ2) is 23.7. The largest absolute Gasteiger partial charge is 0.491 e. The average Bonchev–Trinajstić information content (AvgIpc) is 2.68. The van der Waals surface area contributed by atoms with Crippen molar-refractivity contribution >= 4 is 14.3 Å². The lowest BCUT2D eigenvalue weighted by Crippen LogP contribution is -2.27. The minimum atomic E-state index is -1.32. The number of hydrogen-bond acceptors (Lipinski definition) is 5. The number of carboxylic acids is 1. The van der Waals surface area contributed by atoms with E-state index in [-0.39, 0.29) is 41.4 Å². The summed E-state index contributed by atoms with van der Waals surface area (Å²) in [4.78, 5) is 10.6. The van der Waals surface area contributed by atoms with Crippen molar-refractivity contribution in [3.8, 4) is 5.75 Å². The van der Waals surface area contributed by atoms with Gasteiger partial charge in [0.25, 0.3) is 0 Å². The van der Waals surface area contributed by atoms with Crippen LogP contribution in [0.3, 0.4) is 0 Å². The molecule has 0 amide bonds. The van der Waals surface area contributed by atoms with Crippen LogP contribution in [-0.4, -0.2) is 58.0 Å². The Kier molecular flexibility index (Phi) is 30.1. The first-order chi connectivity index (χ1) is 13.6. The molecule has 0 saturated carbocycles. The van der Waals surface area contributed by atoms with E-state index < -0.39 is 14.3 Å². The van der Waals surface area contributed by atoms with Crippen molar-refractivity contribution in [1.29, 1.82) is 0 Å². The highest BCUT2D eigenvalue weighted by Crippen LogP contribution is 2.12. The first-order valence-electron chi connectivity index (χ1n) is 10.4. The molecule has 0 spiro atoms. The van der Waals surface area contributed by atoms with Gasteiger partial charge in [-0.3, -0.25) is 0 Å². The van der Waals surface area contributed by atoms with Gasteiger partial charge in [-0.15, -0.1) is 0 Å². The van der Waals surface area contributed by atoms with Crippen molar-refractivity contribution in [3.05, 3.63) is 29.8 Å². The van der Waals surface area contributed by atoms with E-state index in [1.54, 1.807) is 12.1 Å². The standard InChI is InChI=1S/C13H18O4.C9H22O2Si.4CH4/c1-3-10(2)16-8-9-17-12-6-4-11(5-7-12)13(14)15;1-6-9(2)10-7-8-11-12(3,4)5;;;;/h4-7,10H,3,8-9H2,1-2H3,(H,14,15);9H,6-8H2,1-5H3;4*1H4. The van der Waals surface area contributed by atoms with Crippen molar-refractivity contribution in [3.63, 3.8) is 0 Å². The van der Waals surface area contributed by atoms with Gasteiger partial charge >= 0.3 is 5.97 Å². The zero-order valence-electron chi connectivity index (χ0n) is 19.2. The Bertz CT molecular complexity index is 543. The minimum absolute atomic E-state index is 0. The predicted octanol–water partition coefficient (Wildman–Crippen LogP) is 7.78. The maximum Gasteiger partial charge on any atom is 0.335 e. The highest BCUT2D eigenvalue weighted by Gasteiger charge is 2.13. The molecule has 0 fully saturated rings. The molecule has 1 N–H and O–H groups in total. The zero-order valence-corrected chi connectivity index (χ0v) is 20.2. The molecule has 2 unspecified atom stereocenters. The topological polar surface area (TPSA) is 74.2 Å². The maximum atomic E-state index is 10.6. The fourth-order valence-electron chi connectivity index (χ4n) is 1.94. The summed E-state index contributed by atoms with van der Waals surface area (Å²) in [6.45, 7) is 17.4. The van der Waals surface area contributed by atoms with Crippen molar-refractivity contribution in [2.45, 2.75) is 102 Å². The van der Waals surface area contributed by atoms with Gasteiger partial charge in [-0.25, -0.2) is 4.79 Å². The Morgan fingerprint density at radius 3 is 1.61 bits per heavy atom. The fraction of sp³-hybridized carbons (Fsp3) is 0.731. The molecule has 7 heteroatoms. The van der Waals surface area contributed by atoms with Crippen LogP contribution in [-0.2, 0) is 13.9 Å². The fourth-order valence-corrected chi connectivity index (χ4v) is 2.63. The van der Waals surface area contributed by atoms with E-state index in [4.69, 9.17) is 23.7 Å². The molecular formula is C26H56O6Si. The summed E-state index contributed by atoms with van der Waals surface area (Å²) in [5, 5.41) is 8.72. The third kappa shape index (κ3) is 25.1. The Labute approximate surface area is 207 Å². The van der Waals surface area contributed by atoms with Crippen molar-refractivity contribution in [2.24, 2.45) is 0 Å². The third-order valence-electron chi connectivity index (χ3n) is 4.03. The summed E-state index contributed by atoms with van der Waals surface area (Å²) in [6.07, 6.45) is 2.67. The Hall–Kier alpha value is -1.41. The lowest BCUT2D eigenvalue weighted by atomic mass is 10.2. The van der Waals surface area contributed by atoms with Crippen LogP contribution in [0.25, 0.3) is 0 Å². The molecule has 0 aromatic heterocycles. The second-order valence-electron chi connectivity index (χ2n) is 7.82. The van der Waals surface area contributed by atoms with Crippen LogP contribution >= 0.6 is 0 Å². The lowest BCUT2D eigenvalue weighted by Gasteiger charge is -2.18. The molecule has 1 aromatic rings. The molecule has 6 nitrogen and oxygen atoms in total. The Balaban J connectivity index is -0.000000148.